The number of thioether (sulfide) groups is 1. The molecular formula is C16H14NO2S+. The third-order valence-corrected chi connectivity index (χ3v) is 4.62. The molecule has 2 amide bonds. The molecule has 1 aliphatic rings. The molecule has 0 radical (unpaired) electrons. The van der Waals surface area contributed by atoms with Gasteiger partial charge in [0.05, 0.1) is 4.90 Å². The third-order valence-electron chi connectivity index (χ3n) is 3.55. The lowest BCUT2D eigenvalue weighted by atomic mass is 10.1. The lowest BCUT2D eigenvalue weighted by Gasteiger charge is -2.23. The summed E-state index contributed by atoms with van der Waals surface area (Å²) < 4.78 is -0.260. The van der Waals surface area contributed by atoms with E-state index < -0.39 is 0 Å². The number of fused-ring (bicyclic) bond motifs is 1. The molecule has 0 bridgehead atoms. The second-order valence-electron chi connectivity index (χ2n) is 4.95. The maximum Gasteiger partial charge on any atom is 0.392 e. The van der Waals surface area contributed by atoms with Crippen LogP contribution in [0.3, 0.4) is 0 Å². The Morgan fingerprint density at radius 2 is 1.80 bits per heavy atom. The zero-order valence-corrected chi connectivity index (χ0v) is 11.9. The van der Waals surface area contributed by atoms with Crippen LogP contribution in [0.4, 0.5) is 10.5 Å². The molecule has 100 valence electrons. The SMILES string of the molecule is Cc1ccc(C[N+]2(C=O)C(=O)Sc3ccccc32)cc1. The van der Waals surface area contributed by atoms with E-state index in [1.54, 1.807) is 0 Å². The summed E-state index contributed by atoms with van der Waals surface area (Å²) in [5, 5.41) is -0.137. The molecule has 3 rings (SSSR count). The van der Waals surface area contributed by atoms with Crippen molar-refractivity contribution in [1.29, 1.82) is 0 Å². The highest BCUT2D eigenvalue weighted by Gasteiger charge is 2.48. The summed E-state index contributed by atoms with van der Waals surface area (Å²) in [7, 11) is 0. The van der Waals surface area contributed by atoms with Gasteiger partial charge in [-0.15, -0.1) is 0 Å². The molecule has 1 atom stereocenters. The predicted molar refractivity (Wildman–Crippen MR) is 80.4 cm³/mol. The topological polar surface area (TPSA) is 34.1 Å². The first-order valence-electron chi connectivity index (χ1n) is 6.37. The summed E-state index contributed by atoms with van der Waals surface area (Å²) in [6, 6.07) is 15.4. The number of hydrogen-bond donors (Lipinski definition) is 0. The Balaban J connectivity index is 2.06. The van der Waals surface area contributed by atoms with Crippen LogP contribution >= 0.6 is 11.8 Å². The van der Waals surface area contributed by atoms with Gasteiger partial charge >= 0.3 is 11.6 Å². The number of nitrogens with zero attached hydrogens (tertiary/aromatic N) is 1. The van der Waals surface area contributed by atoms with Crippen LogP contribution in [0.1, 0.15) is 11.1 Å². The van der Waals surface area contributed by atoms with Crippen molar-refractivity contribution < 1.29 is 9.59 Å². The van der Waals surface area contributed by atoms with Gasteiger partial charge < -0.3 is 0 Å². The molecule has 0 fully saturated rings. The van der Waals surface area contributed by atoms with Gasteiger partial charge in [-0.25, -0.2) is 9.59 Å². The fraction of sp³-hybridized carbons (Fsp3) is 0.125. The lowest BCUT2D eigenvalue weighted by Crippen LogP contribution is -2.47. The van der Waals surface area contributed by atoms with E-state index in [1.807, 2.05) is 55.5 Å². The number of rotatable bonds is 3. The molecule has 2 aromatic carbocycles. The van der Waals surface area contributed by atoms with Crippen molar-refractivity contribution in [3.8, 4) is 0 Å². The predicted octanol–water partition coefficient (Wildman–Crippen LogP) is 3.88. The second kappa shape index (κ2) is 4.89. The summed E-state index contributed by atoms with van der Waals surface area (Å²) in [6.07, 6.45) is 0.751. The van der Waals surface area contributed by atoms with Crippen molar-refractivity contribution >= 4 is 29.1 Å². The monoisotopic (exact) mass is 284 g/mol. The Morgan fingerprint density at radius 1 is 1.10 bits per heavy atom. The zero-order valence-electron chi connectivity index (χ0n) is 11.1. The van der Waals surface area contributed by atoms with Gasteiger partial charge in [-0.2, -0.15) is 4.48 Å². The molecule has 0 aliphatic carbocycles. The number of hydrogen-bond acceptors (Lipinski definition) is 3. The highest BCUT2D eigenvalue weighted by molar-refractivity contribution is 8.14. The van der Waals surface area contributed by atoms with Crippen molar-refractivity contribution in [1.82, 2.24) is 4.48 Å². The zero-order chi connectivity index (χ0) is 14.2. The van der Waals surface area contributed by atoms with Gasteiger partial charge in [-0.3, -0.25) is 0 Å². The van der Waals surface area contributed by atoms with Crippen LogP contribution in [0.25, 0.3) is 0 Å². The molecule has 20 heavy (non-hydrogen) atoms. The van der Waals surface area contributed by atoms with Gasteiger partial charge in [0.15, 0.2) is 5.69 Å². The Kier molecular flexibility index (Phi) is 3.20. The van der Waals surface area contributed by atoms with Crippen LogP contribution in [0.5, 0.6) is 0 Å². The number of amides is 2. The fourth-order valence-corrected chi connectivity index (χ4v) is 3.45. The molecule has 1 unspecified atom stereocenters. The van der Waals surface area contributed by atoms with E-state index in [4.69, 9.17) is 0 Å². The van der Waals surface area contributed by atoms with E-state index in [0.29, 0.717) is 6.54 Å². The highest BCUT2D eigenvalue weighted by atomic mass is 32.2. The molecule has 1 heterocycles. The molecule has 4 heteroatoms. The van der Waals surface area contributed by atoms with Gasteiger partial charge in [0, 0.05) is 23.4 Å². The molecule has 0 spiro atoms. The van der Waals surface area contributed by atoms with Crippen molar-refractivity contribution in [3.63, 3.8) is 0 Å². The molecule has 1 aliphatic heterocycles. The Morgan fingerprint density at radius 3 is 2.50 bits per heavy atom. The summed E-state index contributed by atoms with van der Waals surface area (Å²) in [5.74, 6) is 0. The van der Waals surface area contributed by atoms with Crippen LogP contribution in [-0.4, -0.2) is 11.6 Å². The van der Waals surface area contributed by atoms with E-state index in [-0.39, 0.29) is 9.72 Å². The second-order valence-corrected chi connectivity index (χ2v) is 5.95. The summed E-state index contributed by atoms with van der Waals surface area (Å²) in [4.78, 5) is 24.9. The smallest absolute Gasteiger partial charge is 0.233 e. The minimum atomic E-state index is -0.260. The van der Waals surface area contributed by atoms with Crippen molar-refractivity contribution in [2.45, 2.75) is 18.4 Å². The molecule has 3 nitrogen and oxygen atoms in total. The number of imide groups is 1. The summed E-state index contributed by atoms with van der Waals surface area (Å²) in [5.41, 5.74) is 2.92. The van der Waals surface area contributed by atoms with Gasteiger partial charge in [-0.05, 0) is 13.0 Å². The first-order chi connectivity index (χ1) is 9.65. The largest absolute Gasteiger partial charge is 0.392 e. The standard InChI is InChI=1S/C16H14NO2S/c1-12-6-8-13(9-7-12)10-17(11-18)14-4-2-3-5-15(14)20-16(17)19/h2-9,11H,10H2,1H3/q+1. The van der Waals surface area contributed by atoms with E-state index in [9.17, 15) is 9.59 Å². The van der Waals surface area contributed by atoms with Crippen molar-refractivity contribution in [2.24, 2.45) is 0 Å². The number of benzene rings is 2. The maximum atomic E-state index is 12.4. The summed E-state index contributed by atoms with van der Waals surface area (Å²) in [6.45, 7) is 2.38. The van der Waals surface area contributed by atoms with Gasteiger partial charge in [0.25, 0.3) is 0 Å². The molecule has 0 N–H and O–H groups in total. The van der Waals surface area contributed by atoms with Gasteiger partial charge in [0.2, 0.25) is 0 Å². The van der Waals surface area contributed by atoms with Crippen molar-refractivity contribution in [3.05, 3.63) is 59.7 Å². The molecule has 0 aromatic heterocycles. The van der Waals surface area contributed by atoms with Crippen LogP contribution in [0.2, 0.25) is 0 Å². The van der Waals surface area contributed by atoms with Gasteiger partial charge in [0.1, 0.15) is 6.54 Å². The summed E-state index contributed by atoms with van der Waals surface area (Å²) >= 11 is 1.15. The average Bonchev–Trinajstić information content (AvgIpc) is 2.74. The van der Waals surface area contributed by atoms with Crippen LogP contribution in [0.15, 0.2) is 53.4 Å². The quantitative estimate of drug-likeness (QED) is 0.633. The number of quaternary nitrogens is 1. The number of aryl methyl sites for hydroxylation is 1. The maximum absolute atomic E-state index is 12.4. The molecule has 0 saturated heterocycles. The number of carbonyl (C=O) groups excluding carboxylic acids is 2. The minimum absolute atomic E-state index is 0.137. The molecule has 2 aromatic rings. The Hall–Kier alpha value is -1.91. The van der Waals surface area contributed by atoms with Crippen molar-refractivity contribution in [2.75, 3.05) is 0 Å². The van der Waals surface area contributed by atoms with Crippen LogP contribution in [0, 0.1) is 6.92 Å². The first kappa shape index (κ1) is 13.1. The van der Waals surface area contributed by atoms with E-state index in [0.717, 1.165) is 39.9 Å². The molecule has 0 saturated carbocycles. The lowest BCUT2D eigenvalue weighted by molar-refractivity contribution is -0.115. The van der Waals surface area contributed by atoms with E-state index in [1.165, 1.54) is 0 Å². The van der Waals surface area contributed by atoms with Crippen LogP contribution < -0.4 is 4.48 Å². The number of carbonyl (C=O) groups is 2. The van der Waals surface area contributed by atoms with E-state index in [2.05, 4.69) is 0 Å². The first-order valence-corrected chi connectivity index (χ1v) is 7.19. The number of para-hydroxylation sites is 1. The van der Waals surface area contributed by atoms with Gasteiger partial charge in [-0.1, -0.05) is 42.0 Å². The highest BCUT2D eigenvalue weighted by Crippen LogP contribution is 2.45. The minimum Gasteiger partial charge on any atom is -0.233 e. The molecular weight excluding hydrogens is 270 g/mol. The normalized spacial score (nSPS) is 20.8. The Bertz CT molecular complexity index is 681. The Labute approximate surface area is 121 Å². The fourth-order valence-electron chi connectivity index (χ4n) is 2.42. The van der Waals surface area contributed by atoms with Crippen LogP contribution in [-0.2, 0) is 11.3 Å². The van der Waals surface area contributed by atoms with E-state index >= 15 is 0 Å². The average molecular weight is 284 g/mol. The third kappa shape index (κ3) is 1.97.